The number of likely N-dealkylation sites (tertiary alicyclic amines) is 1. The maximum Gasteiger partial charge on any atom is 0.250 e. The Kier molecular flexibility index (Phi) is 6.19. The number of carbonyl (C=O) groups is 2. The van der Waals surface area contributed by atoms with Gasteiger partial charge in [0.2, 0.25) is 11.8 Å². The lowest BCUT2D eigenvalue weighted by molar-refractivity contribution is -0.136. The second kappa shape index (κ2) is 8.59. The van der Waals surface area contributed by atoms with Crippen LogP contribution in [-0.4, -0.2) is 33.9 Å². The number of nitrogens with one attached hydrogen (secondary N) is 1. The van der Waals surface area contributed by atoms with E-state index in [4.69, 9.17) is 23.2 Å². The average Bonchev–Trinajstić information content (AvgIpc) is 3.10. The summed E-state index contributed by atoms with van der Waals surface area (Å²) in [6.07, 6.45) is 3.16. The van der Waals surface area contributed by atoms with E-state index in [0.29, 0.717) is 28.7 Å². The van der Waals surface area contributed by atoms with Crippen LogP contribution in [-0.2, 0) is 16.1 Å². The third kappa shape index (κ3) is 4.90. The number of halogens is 2. The van der Waals surface area contributed by atoms with Crippen LogP contribution in [0.25, 0.3) is 0 Å². The number of aromatic nitrogens is 1. The molecule has 1 unspecified atom stereocenters. The van der Waals surface area contributed by atoms with E-state index < -0.39 is 6.04 Å². The maximum absolute atomic E-state index is 12.6. The second-order valence-electron chi connectivity index (χ2n) is 6.37. The Morgan fingerprint density at radius 2 is 1.89 bits per heavy atom. The Bertz CT molecular complexity index is 893. The lowest BCUT2D eigenvalue weighted by Gasteiger charge is -2.24. The Morgan fingerprint density at radius 3 is 2.59 bits per heavy atom. The van der Waals surface area contributed by atoms with E-state index in [1.165, 1.54) is 10.6 Å². The van der Waals surface area contributed by atoms with Gasteiger partial charge < -0.3 is 14.8 Å². The van der Waals surface area contributed by atoms with Crippen molar-refractivity contribution in [1.29, 1.82) is 0 Å². The summed E-state index contributed by atoms with van der Waals surface area (Å²) >= 11 is 11.9. The molecule has 27 heavy (non-hydrogen) atoms. The molecule has 0 radical (unpaired) electrons. The van der Waals surface area contributed by atoms with Crippen molar-refractivity contribution in [3.63, 3.8) is 0 Å². The normalized spacial score (nSPS) is 16.4. The van der Waals surface area contributed by atoms with Crippen LogP contribution in [0.4, 0.5) is 5.69 Å². The zero-order chi connectivity index (χ0) is 19.4. The molecule has 0 aliphatic carbocycles. The molecule has 1 saturated heterocycles. The molecule has 1 N–H and O–H groups in total. The zero-order valence-corrected chi connectivity index (χ0v) is 16.0. The minimum atomic E-state index is -0.539. The van der Waals surface area contributed by atoms with Gasteiger partial charge in [-0.15, -0.1) is 0 Å². The van der Waals surface area contributed by atoms with Gasteiger partial charge in [-0.3, -0.25) is 14.4 Å². The summed E-state index contributed by atoms with van der Waals surface area (Å²) in [6, 6.07) is 9.10. The van der Waals surface area contributed by atoms with Gasteiger partial charge in [0, 0.05) is 47.5 Å². The molecule has 0 saturated carbocycles. The first kappa shape index (κ1) is 19.5. The zero-order valence-electron chi connectivity index (χ0n) is 14.5. The smallest absolute Gasteiger partial charge is 0.250 e. The molecule has 0 bridgehead atoms. The second-order valence-corrected chi connectivity index (χ2v) is 7.25. The number of pyridine rings is 1. The van der Waals surface area contributed by atoms with Crippen molar-refractivity contribution in [3.05, 3.63) is 63.0 Å². The average molecular weight is 408 g/mol. The van der Waals surface area contributed by atoms with E-state index in [0.717, 1.165) is 6.42 Å². The van der Waals surface area contributed by atoms with Crippen molar-refractivity contribution in [2.45, 2.75) is 31.8 Å². The molecular weight excluding hydrogens is 389 g/mol. The minimum Gasteiger partial charge on any atom is -0.331 e. The van der Waals surface area contributed by atoms with Crippen molar-refractivity contribution in [2.75, 3.05) is 11.9 Å². The largest absolute Gasteiger partial charge is 0.331 e. The van der Waals surface area contributed by atoms with Gasteiger partial charge in [-0.1, -0.05) is 29.3 Å². The van der Waals surface area contributed by atoms with Crippen LogP contribution >= 0.6 is 23.2 Å². The molecule has 6 nitrogen and oxygen atoms in total. The topological polar surface area (TPSA) is 71.4 Å². The fourth-order valence-electron chi connectivity index (χ4n) is 3.19. The number of amides is 2. The van der Waals surface area contributed by atoms with E-state index >= 15 is 0 Å². The lowest BCUT2D eigenvalue weighted by atomic mass is 10.2. The van der Waals surface area contributed by atoms with Crippen LogP contribution in [0.2, 0.25) is 10.0 Å². The fourth-order valence-corrected chi connectivity index (χ4v) is 3.72. The number of benzene rings is 1. The van der Waals surface area contributed by atoms with Gasteiger partial charge in [0.1, 0.15) is 6.04 Å². The minimum absolute atomic E-state index is 0.146. The molecule has 8 heteroatoms. The molecule has 1 aliphatic heterocycles. The summed E-state index contributed by atoms with van der Waals surface area (Å²) in [5, 5.41) is 3.62. The molecule has 2 heterocycles. The summed E-state index contributed by atoms with van der Waals surface area (Å²) in [4.78, 5) is 38.5. The van der Waals surface area contributed by atoms with E-state index in [1.54, 1.807) is 41.4 Å². The van der Waals surface area contributed by atoms with E-state index in [1.807, 2.05) is 0 Å². The molecule has 2 amide bonds. The van der Waals surface area contributed by atoms with Crippen molar-refractivity contribution in [1.82, 2.24) is 9.47 Å². The number of carbonyl (C=O) groups excluding carboxylic acids is 2. The van der Waals surface area contributed by atoms with Gasteiger partial charge in [0.05, 0.1) is 0 Å². The molecule has 1 atom stereocenters. The highest BCUT2D eigenvalue weighted by Gasteiger charge is 2.33. The van der Waals surface area contributed by atoms with Crippen LogP contribution < -0.4 is 10.9 Å². The van der Waals surface area contributed by atoms with Gasteiger partial charge in [-0.05, 0) is 37.1 Å². The maximum atomic E-state index is 12.6. The molecule has 1 aromatic heterocycles. The molecule has 142 valence electrons. The third-order valence-electron chi connectivity index (χ3n) is 4.47. The van der Waals surface area contributed by atoms with Crippen molar-refractivity contribution >= 4 is 40.7 Å². The lowest BCUT2D eigenvalue weighted by Crippen LogP contribution is -2.43. The van der Waals surface area contributed by atoms with E-state index in [2.05, 4.69) is 5.32 Å². The van der Waals surface area contributed by atoms with Crippen LogP contribution in [0.1, 0.15) is 19.3 Å². The first-order valence-corrected chi connectivity index (χ1v) is 9.41. The summed E-state index contributed by atoms with van der Waals surface area (Å²) in [5.74, 6) is -0.413. The highest BCUT2D eigenvalue weighted by atomic mass is 35.5. The summed E-state index contributed by atoms with van der Waals surface area (Å²) < 4.78 is 1.48. The Balaban J connectivity index is 1.63. The van der Waals surface area contributed by atoms with Gasteiger partial charge in [-0.2, -0.15) is 0 Å². The quantitative estimate of drug-likeness (QED) is 0.826. The standard InChI is InChI=1S/C19H19Cl2N3O3/c20-13-10-14(21)12-15(11-13)22-19(27)16-4-3-8-24(16)18(26)6-9-23-7-2-1-5-17(23)25/h1-2,5,7,10-12,16H,3-4,6,8-9H2,(H,22,27). The number of nitrogens with zero attached hydrogens (tertiary/aromatic N) is 2. The molecule has 2 aromatic rings. The van der Waals surface area contributed by atoms with Crippen LogP contribution in [0, 0.1) is 0 Å². The fraction of sp³-hybridized carbons (Fsp3) is 0.316. The van der Waals surface area contributed by atoms with Gasteiger partial charge in [0.25, 0.3) is 5.56 Å². The predicted molar refractivity (Wildman–Crippen MR) is 105 cm³/mol. The van der Waals surface area contributed by atoms with Crippen molar-refractivity contribution in [3.8, 4) is 0 Å². The number of aryl methyl sites for hydroxylation is 1. The number of rotatable bonds is 5. The van der Waals surface area contributed by atoms with E-state index in [-0.39, 0.29) is 30.3 Å². The summed E-state index contributed by atoms with van der Waals surface area (Å²) in [7, 11) is 0. The summed E-state index contributed by atoms with van der Waals surface area (Å²) in [5.41, 5.74) is 0.339. The van der Waals surface area contributed by atoms with Gasteiger partial charge in [-0.25, -0.2) is 0 Å². The Hall–Kier alpha value is -2.31. The molecule has 0 spiro atoms. The van der Waals surface area contributed by atoms with Crippen molar-refractivity contribution < 1.29 is 9.59 Å². The first-order valence-electron chi connectivity index (χ1n) is 8.66. The predicted octanol–water partition coefficient (Wildman–Crippen LogP) is 3.17. The van der Waals surface area contributed by atoms with Crippen LogP contribution in [0.3, 0.4) is 0 Å². The summed E-state index contributed by atoms with van der Waals surface area (Å²) in [6.45, 7) is 0.810. The number of hydrogen-bond acceptors (Lipinski definition) is 3. The van der Waals surface area contributed by atoms with Crippen molar-refractivity contribution in [2.24, 2.45) is 0 Å². The molecule has 1 aromatic carbocycles. The monoisotopic (exact) mass is 407 g/mol. The SMILES string of the molecule is O=C(Nc1cc(Cl)cc(Cl)c1)C1CCCN1C(=O)CCn1ccccc1=O. The highest BCUT2D eigenvalue weighted by molar-refractivity contribution is 6.35. The van der Waals surface area contributed by atoms with E-state index in [9.17, 15) is 14.4 Å². The van der Waals surface area contributed by atoms with Crippen LogP contribution in [0.5, 0.6) is 0 Å². The first-order chi connectivity index (χ1) is 12.9. The Morgan fingerprint density at radius 1 is 1.15 bits per heavy atom. The van der Waals surface area contributed by atoms with Gasteiger partial charge >= 0.3 is 0 Å². The molecule has 3 rings (SSSR count). The third-order valence-corrected chi connectivity index (χ3v) is 4.91. The Labute approximate surface area is 166 Å². The number of hydrogen-bond donors (Lipinski definition) is 1. The van der Waals surface area contributed by atoms with Gasteiger partial charge in [0.15, 0.2) is 0 Å². The highest BCUT2D eigenvalue weighted by Crippen LogP contribution is 2.24. The molecule has 1 aliphatic rings. The van der Waals surface area contributed by atoms with Crippen LogP contribution in [0.15, 0.2) is 47.4 Å². The molecule has 1 fully saturated rings. The number of anilines is 1. The molecular formula is C19H19Cl2N3O3.